The van der Waals surface area contributed by atoms with Crippen molar-refractivity contribution in [1.29, 1.82) is 0 Å². The van der Waals surface area contributed by atoms with Crippen molar-refractivity contribution in [3.05, 3.63) is 65.4 Å². The van der Waals surface area contributed by atoms with Gasteiger partial charge < -0.3 is 10.1 Å². The van der Waals surface area contributed by atoms with Gasteiger partial charge in [0.05, 0.1) is 22.1 Å². The Morgan fingerprint density at radius 1 is 1.06 bits per heavy atom. The average molecular weight is 513 g/mol. The van der Waals surface area contributed by atoms with Gasteiger partial charge in [0.2, 0.25) is 5.13 Å². The molecule has 0 saturated carbocycles. The first-order valence-corrected chi connectivity index (χ1v) is 12.7. The number of hydrogen-bond acceptors (Lipinski definition) is 10. The van der Waals surface area contributed by atoms with Crippen molar-refractivity contribution in [1.82, 2.24) is 20.2 Å². The second-order valence-corrected chi connectivity index (χ2v) is 10.2. The highest BCUT2D eigenvalue weighted by molar-refractivity contribution is 7.93. The lowest BCUT2D eigenvalue weighted by Crippen LogP contribution is -2.32. The van der Waals surface area contributed by atoms with Crippen LogP contribution in [0.25, 0.3) is 11.0 Å². The Bertz CT molecular complexity index is 1490. The molecular weight excluding hydrogens is 492 g/mol. The van der Waals surface area contributed by atoms with Crippen molar-refractivity contribution >= 4 is 55.1 Å². The smallest absolute Gasteiger partial charge is 0.359 e. The Balaban J connectivity index is 1.40. The number of benzene rings is 2. The van der Waals surface area contributed by atoms with Crippen LogP contribution in [0.5, 0.6) is 0 Å². The normalized spacial score (nSPS) is 12.2. The van der Waals surface area contributed by atoms with E-state index in [9.17, 15) is 18.0 Å². The Hall–Kier alpha value is -3.97. The fourth-order valence-corrected chi connectivity index (χ4v) is 4.84. The lowest BCUT2D eigenvalue weighted by Gasteiger charge is -2.16. The third-order valence-electron chi connectivity index (χ3n) is 4.75. The van der Waals surface area contributed by atoms with E-state index >= 15 is 0 Å². The highest BCUT2D eigenvalue weighted by Crippen LogP contribution is 2.21. The molecule has 0 fully saturated rings. The van der Waals surface area contributed by atoms with Crippen LogP contribution in [0.1, 0.15) is 28.8 Å². The van der Waals surface area contributed by atoms with Gasteiger partial charge in [0.25, 0.3) is 15.9 Å². The average Bonchev–Trinajstić information content (AvgIpc) is 3.25. The van der Waals surface area contributed by atoms with Crippen LogP contribution >= 0.6 is 11.3 Å². The molecule has 0 aliphatic heterocycles. The third-order valence-corrected chi connectivity index (χ3v) is 6.99. The molecule has 0 radical (unpaired) electrons. The molecule has 1 atom stereocenters. The Morgan fingerprint density at radius 2 is 1.77 bits per heavy atom. The summed E-state index contributed by atoms with van der Waals surface area (Å²) in [6, 6.07) is 12.6. The first kappa shape index (κ1) is 24.2. The van der Waals surface area contributed by atoms with Crippen LogP contribution in [0.2, 0.25) is 0 Å². The lowest BCUT2D eigenvalue weighted by molar-refractivity contribution is -0.124. The minimum absolute atomic E-state index is 0.0115. The quantitative estimate of drug-likeness (QED) is 0.339. The number of hydrogen-bond donors (Lipinski definition) is 2. The Kier molecular flexibility index (Phi) is 6.98. The number of anilines is 2. The highest BCUT2D eigenvalue weighted by atomic mass is 32.2. The molecule has 2 heterocycles. The van der Waals surface area contributed by atoms with Gasteiger partial charge in [-0.2, -0.15) is 0 Å². The molecule has 1 unspecified atom stereocenters. The summed E-state index contributed by atoms with van der Waals surface area (Å²) in [5.41, 5.74) is 1.49. The highest BCUT2D eigenvalue weighted by Gasteiger charge is 2.24. The van der Waals surface area contributed by atoms with Crippen molar-refractivity contribution in [3.8, 4) is 0 Å². The van der Waals surface area contributed by atoms with Crippen LogP contribution in [0.3, 0.4) is 0 Å². The summed E-state index contributed by atoms with van der Waals surface area (Å²) in [5, 5.41) is 10.9. The van der Waals surface area contributed by atoms with E-state index < -0.39 is 28.0 Å². The number of esters is 1. The molecule has 2 aromatic heterocycles. The molecule has 35 heavy (non-hydrogen) atoms. The number of aryl methyl sites for hydroxylation is 1. The molecule has 0 spiro atoms. The van der Waals surface area contributed by atoms with Crippen molar-refractivity contribution in [2.75, 3.05) is 10.0 Å². The van der Waals surface area contributed by atoms with Gasteiger partial charge in [0.1, 0.15) is 5.01 Å². The number of aromatic nitrogens is 4. The fourth-order valence-electron chi connectivity index (χ4n) is 3.02. The summed E-state index contributed by atoms with van der Waals surface area (Å²) >= 11 is 1.11. The van der Waals surface area contributed by atoms with Gasteiger partial charge in [-0.15, -0.1) is 10.2 Å². The summed E-state index contributed by atoms with van der Waals surface area (Å²) in [4.78, 5) is 33.6. The van der Waals surface area contributed by atoms with Gasteiger partial charge in [-0.25, -0.2) is 18.2 Å². The van der Waals surface area contributed by atoms with E-state index in [4.69, 9.17) is 4.74 Å². The maximum atomic E-state index is 12.7. The largest absolute Gasteiger partial charge is 0.447 e. The number of nitrogens with one attached hydrogen (secondary N) is 2. The van der Waals surface area contributed by atoms with Crippen molar-refractivity contribution in [2.45, 2.75) is 31.3 Å². The molecule has 13 heteroatoms. The molecule has 4 rings (SSSR count). The maximum absolute atomic E-state index is 12.7. The lowest BCUT2D eigenvalue weighted by atomic mass is 10.2. The van der Waals surface area contributed by atoms with Gasteiger partial charge in [-0.05, 0) is 49.7 Å². The molecule has 180 valence electrons. The van der Waals surface area contributed by atoms with Crippen LogP contribution in [-0.4, -0.2) is 46.6 Å². The third kappa shape index (κ3) is 5.75. The SMILES string of the molecule is CCC(OC(=O)c1cnc2ccccc2n1)C(=O)Nc1ccc(S(=O)(=O)Nc2nnc(C)s2)cc1. The fraction of sp³-hybridized carbons (Fsp3) is 0.182. The molecule has 0 aliphatic carbocycles. The first-order valence-electron chi connectivity index (χ1n) is 10.4. The molecular formula is C22H20N6O5S2. The standard InChI is InChI=1S/C22H20N6O5S2/c1-3-19(33-21(30)18-12-23-16-6-4-5-7-17(16)25-18)20(29)24-14-8-10-15(11-9-14)35(31,32)28-22-27-26-13(2)34-22/h4-12,19H,3H2,1-2H3,(H,24,29)(H,27,28). The van der Waals surface area contributed by atoms with Crippen LogP contribution in [-0.2, 0) is 19.6 Å². The molecule has 0 bridgehead atoms. The van der Waals surface area contributed by atoms with E-state index in [1.54, 1.807) is 32.0 Å². The molecule has 0 saturated heterocycles. The Labute approximate surface area is 204 Å². The number of fused-ring (bicyclic) bond motifs is 1. The predicted octanol–water partition coefficient (Wildman–Crippen LogP) is 3.16. The maximum Gasteiger partial charge on any atom is 0.359 e. The van der Waals surface area contributed by atoms with E-state index in [-0.39, 0.29) is 22.1 Å². The van der Waals surface area contributed by atoms with E-state index in [1.165, 1.54) is 30.5 Å². The number of sulfonamides is 1. The van der Waals surface area contributed by atoms with Crippen LogP contribution in [0.15, 0.2) is 59.6 Å². The second kappa shape index (κ2) is 10.1. The summed E-state index contributed by atoms with van der Waals surface area (Å²) in [7, 11) is -3.87. The van der Waals surface area contributed by atoms with E-state index in [0.717, 1.165) is 11.3 Å². The Morgan fingerprint density at radius 3 is 2.43 bits per heavy atom. The van der Waals surface area contributed by atoms with Crippen molar-refractivity contribution in [2.24, 2.45) is 0 Å². The summed E-state index contributed by atoms with van der Waals surface area (Å²) in [5.74, 6) is -1.34. The van der Waals surface area contributed by atoms with Crippen LogP contribution in [0, 0.1) is 6.92 Å². The number of carbonyl (C=O) groups excluding carboxylic acids is 2. The zero-order valence-corrected chi connectivity index (χ0v) is 20.3. The summed E-state index contributed by atoms with van der Waals surface area (Å²) in [6.45, 7) is 3.41. The van der Waals surface area contributed by atoms with Gasteiger partial charge >= 0.3 is 5.97 Å². The minimum Gasteiger partial charge on any atom is -0.447 e. The van der Waals surface area contributed by atoms with E-state index in [2.05, 4.69) is 30.2 Å². The number of para-hydroxylation sites is 2. The molecule has 2 aromatic carbocycles. The van der Waals surface area contributed by atoms with E-state index in [0.29, 0.717) is 21.7 Å². The number of carbonyl (C=O) groups is 2. The van der Waals surface area contributed by atoms with Gasteiger partial charge in [0.15, 0.2) is 11.8 Å². The van der Waals surface area contributed by atoms with Gasteiger partial charge in [0, 0.05) is 5.69 Å². The monoisotopic (exact) mass is 512 g/mol. The molecule has 2 N–H and O–H groups in total. The predicted molar refractivity (Wildman–Crippen MR) is 130 cm³/mol. The topological polar surface area (TPSA) is 153 Å². The molecule has 11 nitrogen and oxygen atoms in total. The minimum atomic E-state index is -3.87. The van der Waals surface area contributed by atoms with Gasteiger partial charge in [-0.3, -0.25) is 14.5 Å². The zero-order chi connectivity index (χ0) is 25.0. The van der Waals surface area contributed by atoms with Crippen molar-refractivity contribution in [3.63, 3.8) is 0 Å². The van der Waals surface area contributed by atoms with E-state index in [1.807, 2.05) is 6.07 Å². The number of ether oxygens (including phenoxy) is 1. The number of nitrogens with zero attached hydrogens (tertiary/aromatic N) is 4. The molecule has 0 aliphatic rings. The summed E-state index contributed by atoms with van der Waals surface area (Å²) in [6.07, 6.45) is 0.434. The molecule has 1 amide bonds. The van der Waals surface area contributed by atoms with Gasteiger partial charge in [-0.1, -0.05) is 30.4 Å². The summed E-state index contributed by atoms with van der Waals surface area (Å²) < 4.78 is 32.7. The number of amides is 1. The second-order valence-electron chi connectivity index (χ2n) is 7.29. The van der Waals surface area contributed by atoms with Crippen LogP contribution < -0.4 is 10.0 Å². The van der Waals surface area contributed by atoms with Crippen LogP contribution in [0.4, 0.5) is 10.8 Å². The zero-order valence-electron chi connectivity index (χ0n) is 18.6. The molecule has 4 aromatic rings. The van der Waals surface area contributed by atoms with Crippen molar-refractivity contribution < 1.29 is 22.7 Å². The first-order chi connectivity index (χ1) is 16.7. The number of rotatable bonds is 8.